The van der Waals surface area contributed by atoms with Gasteiger partial charge in [0.2, 0.25) is 0 Å². The number of aromatic nitrogens is 3. The fourth-order valence-electron chi connectivity index (χ4n) is 4.35. The molecule has 0 bridgehead atoms. The average Bonchev–Trinajstić information content (AvgIpc) is 3.32. The molecule has 1 saturated heterocycles. The molecule has 5 N–H and O–H groups in total. The summed E-state index contributed by atoms with van der Waals surface area (Å²) in [5.41, 5.74) is 6.87. The van der Waals surface area contributed by atoms with Crippen molar-refractivity contribution in [3.63, 3.8) is 0 Å². The molecule has 0 atom stereocenters. The van der Waals surface area contributed by atoms with E-state index in [0.29, 0.717) is 47.9 Å². The van der Waals surface area contributed by atoms with Crippen LogP contribution in [0.25, 0.3) is 16.9 Å². The second-order valence-corrected chi connectivity index (χ2v) is 8.53. The van der Waals surface area contributed by atoms with E-state index in [4.69, 9.17) is 17.3 Å². The molecular formula is C21H20ClN7O3. The third-order valence-electron chi connectivity index (χ3n) is 6.08. The number of carbonyl (C=O) groups excluding carboxylic acids is 3. The number of hydrogen-bond donors (Lipinski definition) is 4. The molecule has 1 saturated carbocycles. The number of urea groups is 1. The van der Waals surface area contributed by atoms with Crippen LogP contribution in [-0.4, -0.2) is 43.8 Å². The number of fused-ring (bicyclic) bond motifs is 1. The molecule has 3 heterocycles. The van der Waals surface area contributed by atoms with Gasteiger partial charge in [0.25, 0.3) is 11.8 Å². The van der Waals surface area contributed by atoms with Gasteiger partial charge in [0, 0.05) is 22.8 Å². The Morgan fingerprint density at radius 3 is 2.56 bits per heavy atom. The van der Waals surface area contributed by atoms with E-state index in [1.807, 2.05) is 12.1 Å². The summed E-state index contributed by atoms with van der Waals surface area (Å²) < 4.78 is 1.62. The monoisotopic (exact) mass is 453 g/mol. The lowest BCUT2D eigenvalue weighted by molar-refractivity contribution is -0.125. The van der Waals surface area contributed by atoms with Gasteiger partial charge in [0.1, 0.15) is 11.2 Å². The maximum Gasteiger partial charge on any atom is 0.322 e. The van der Waals surface area contributed by atoms with Crippen LogP contribution in [0.5, 0.6) is 0 Å². The molecule has 32 heavy (non-hydrogen) atoms. The number of amides is 4. The smallest absolute Gasteiger partial charge is 0.322 e. The number of imidazole rings is 1. The zero-order valence-electron chi connectivity index (χ0n) is 16.9. The Balaban J connectivity index is 1.43. The predicted molar refractivity (Wildman–Crippen MR) is 117 cm³/mol. The molecule has 1 aliphatic carbocycles. The van der Waals surface area contributed by atoms with E-state index in [2.05, 4.69) is 25.9 Å². The molecule has 1 spiro atoms. The van der Waals surface area contributed by atoms with E-state index >= 15 is 0 Å². The highest BCUT2D eigenvalue weighted by Gasteiger charge is 2.48. The minimum absolute atomic E-state index is 0.0253. The van der Waals surface area contributed by atoms with Gasteiger partial charge in [-0.25, -0.2) is 14.8 Å². The van der Waals surface area contributed by atoms with Crippen LogP contribution in [0, 0.1) is 0 Å². The second-order valence-electron chi connectivity index (χ2n) is 8.09. The van der Waals surface area contributed by atoms with E-state index in [0.717, 1.165) is 5.56 Å². The minimum atomic E-state index is -0.830. The summed E-state index contributed by atoms with van der Waals surface area (Å²) >= 11 is 5.99. The fraction of sp³-hybridized carbons (Fsp3) is 0.286. The molecule has 11 heteroatoms. The zero-order chi connectivity index (χ0) is 22.5. The number of primary amides is 1. The molecule has 2 fully saturated rings. The standard InChI is InChI=1S/C21H20ClN7O3/c22-12-3-1-11(2-4-12)14-10-29-15(16(23)30)9-24-17(18(29)26-14)25-13-5-7-21(8-6-13)19(31)27-20(32)28-21/h1-4,9-10,13H,5-8H2,(H2,23,30)(H,24,25)(H2,27,28,31,32). The highest BCUT2D eigenvalue weighted by Crippen LogP contribution is 2.33. The Morgan fingerprint density at radius 2 is 1.94 bits per heavy atom. The third kappa shape index (κ3) is 3.42. The first-order chi connectivity index (χ1) is 15.3. The van der Waals surface area contributed by atoms with Gasteiger partial charge in [-0.15, -0.1) is 0 Å². The number of nitrogens with two attached hydrogens (primary N) is 1. The molecule has 1 aromatic carbocycles. The summed E-state index contributed by atoms with van der Waals surface area (Å²) in [6.07, 6.45) is 5.50. The van der Waals surface area contributed by atoms with E-state index in [1.54, 1.807) is 22.7 Å². The first-order valence-electron chi connectivity index (χ1n) is 10.2. The summed E-state index contributed by atoms with van der Waals surface area (Å²) in [5.74, 6) is -0.374. The normalized spacial score (nSPS) is 22.7. The average molecular weight is 454 g/mol. The number of benzene rings is 1. The van der Waals surface area contributed by atoms with Gasteiger partial charge in [0.05, 0.1) is 11.9 Å². The van der Waals surface area contributed by atoms with E-state index in [1.165, 1.54) is 6.20 Å². The molecule has 4 amide bonds. The van der Waals surface area contributed by atoms with Crippen LogP contribution in [0.3, 0.4) is 0 Å². The maximum atomic E-state index is 12.2. The first kappa shape index (κ1) is 20.3. The Morgan fingerprint density at radius 1 is 1.22 bits per heavy atom. The van der Waals surface area contributed by atoms with Gasteiger partial charge in [-0.05, 0) is 37.8 Å². The minimum Gasteiger partial charge on any atom is -0.364 e. The Kier molecular flexibility index (Phi) is 4.74. The summed E-state index contributed by atoms with van der Waals surface area (Å²) in [7, 11) is 0. The lowest BCUT2D eigenvalue weighted by Crippen LogP contribution is -2.51. The molecule has 1 aliphatic heterocycles. The summed E-state index contributed by atoms with van der Waals surface area (Å²) in [5, 5.41) is 9.07. The summed E-state index contributed by atoms with van der Waals surface area (Å²) in [4.78, 5) is 44.7. The number of rotatable bonds is 4. The largest absolute Gasteiger partial charge is 0.364 e. The van der Waals surface area contributed by atoms with Gasteiger partial charge in [-0.3, -0.25) is 19.3 Å². The van der Waals surface area contributed by atoms with Crippen LogP contribution in [0.15, 0.2) is 36.7 Å². The molecule has 0 radical (unpaired) electrons. The summed E-state index contributed by atoms with van der Waals surface area (Å²) in [6.45, 7) is 0. The van der Waals surface area contributed by atoms with Gasteiger partial charge < -0.3 is 16.4 Å². The van der Waals surface area contributed by atoms with Crippen molar-refractivity contribution >= 4 is 40.9 Å². The van der Waals surface area contributed by atoms with Crippen molar-refractivity contribution < 1.29 is 14.4 Å². The molecule has 2 aliphatic rings. The molecule has 2 aromatic heterocycles. The highest BCUT2D eigenvalue weighted by atomic mass is 35.5. The van der Waals surface area contributed by atoms with Crippen molar-refractivity contribution in [1.82, 2.24) is 25.0 Å². The number of hydrogen-bond acceptors (Lipinski definition) is 6. The number of nitrogens with one attached hydrogen (secondary N) is 3. The van der Waals surface area contributed by atoms with E-state index < -0.39 is 17.5 Å². The lowest BCUT2D eigenvalue weighted by Gasteiger charge is -2.35. The maximum absolute atomic E-state index is 12.2. The van der Waals surface area contributed by atoms with Gasteiger partial charge in [-0.2, -0.15) is 0 Å². The molecule has 164 valence electrons. The lowest BCUT2D eigenvalue weighted by atomic mass is 9.79. The molecule has 10 nitrogen and oxygen atoms in total. The number of anilines is 1. The Bertz CT molecular complexity index is 1250. The highest BCUT2D eigenvalue weighted by molar-refractivity contribution is 6.30. The number of nitrogens with zero attached hydrogens (tertiary/aromatic N) is 3. The van der Waals surface area contributed by atoms with Gasteiger partial charge in [0.15, 0.2) is 11.5 Å². The van der Waals surface area contributed by atoms with Crippen molar-refractivity contribution in [2.24, 2.45) is 5.73 Å². The first-order valence-corrected chi connectivity index (χ1v) is 10.6. The second kappa shape index (κ2) is 7.49. The Hall–Kier alpha value is -3.66. The SMILES string of the molecule is NC(=O)c1cnc(NC2CCC3(CC2)NC(=O)NC3=O)c2nc(-c3ccc(Cl)cc3)cn12. The molecule has 3 aromatic rings. The van der Waals surface area contributed by atoms with E-state index in [-0.39, 0.29) is 17.6 Å². The van der Waals surface area contributed by atoms with Crippen LogP contribution in [0.1, 0.15) is 36.2 Å². The number of halogens is 1. The quantitative estimate of drug-likeness (QED) is 0.445. The van der Waals surface area contributed by atoms with Crippen molar-refractivity contribution in [2.75, 3.05) is 5.32 Å². The van der Waals surface area contributed by atoms with Crippen LogP contribution >= 0.6 is 11.6 Å². The third-order valence-corrected chi connectivity index (χ3v) is 6.33. The van der Waals surface area contributed by atoms with Crippen LogP contribution in [-0.2, 0) is 4.79 Å². The van der Waals surface area contributed by atoms with Gasteiger partial charge in [-0.1, -0.05) is 23.7 Å². The van der Waals surface area contributed by atoms with Crippen molar-refractivity contribution in [1.29, 1.82) is 0 Å². The van der Waals surface area contributed by atoms with E-state index in [9.17, 15) is 14.4 Å². The predicted octanol–water partition coefficient (Wildman–Crippen LogP) is 2.08. The molecular weight excluding hydrogens is 434 g/mol. The Labute approximate surface area is 187 Å². The fourth-order valence-corrected chi connectivity index (χ4v) is 4.47. The number of imide groups is 1. The topological polar surface area (TPSA) is 144 Å². The number of carbonyl (C=O) groups is 3. The van der Waals surface area contributed by atoms with Gasteiger partial charge >= 0.3 is 6.03 Å². The summed E-state index contributed by atoms with van der Waals surface area (Å²) in [6, 6.07) is 6.80. The van der Waals surface area contributed by atoms with Crippen LogP contribution in [0.2, 0.25) is 5.02 Å². The van der Waals surface area contributed by atoms with Crippen molar-refractivity contribution in [3.8, 4) is 11.3 Å². The van der Waals surface area contributed by atoms with Crippen LogP contribution < -0.4 is 21.7 Å². The van der Waals surface area contributed by atoms with Crippen molar-refractivity contribution in [2.45, 2.75) is 37.3 Å². The molecule has 0 unspecified atom stereocenters. The zero-order valence-corrected chi connectivity index (χ0v) is 17.6. The molecule has 5 rings (SSSR count). The van der Waals surface area contributed by atoms with Crippen LogP contribution in [0.4, 0.5) is 10.6 Å². The van der Waals surface area contributed by atoms with Crippen molar-refractivity contribution in [3.05, 3.63) is 47.4 Å².